The number of carbonyl (C=O) groups is 1. The molecule has 0 spiro atoms. The number of thiazole rings is 1. The fourth-order valence-electron chi connectivity index (χ4n) is 2.25. The Labute approximate surface area is 140 Å². The number of aromatic hydroxyl groups is 1. The number of aromatic nitrogens is 1. The SMILES string of the molecule is CCc1cccc(C(=O)N(C)Cc2csc(C(C)OC)n2)c1O. The number of benzene rings is 1. The highest BCUT2D eigenvalue weighted by atomic mass is 32.1. The van der Waals surface area contributed by atoms with Gasteiger partial charge in [-0.3, -0.25) is 4.79 Å². The molecule has 0 aliphatic carbocycles. The van der Waals surface area contributed by atoms with Crippen molar-refractivity contribution in [3.05, 3.63) is 45.4 Å². The predicted octanol–water partition coefficient (Wildman–Crippen LogP) is 3.39. The Kier molecular flexibility index (Phi) is 5.74. The molecule has 0 fully saturated rings. The van der Waals surface area contributed by atoms with Gasteiger partial charge in [-0.15, -0.1) is 11.3 Å². The topological polar surface area (TPSA) is 62.7 Å². The lowest BCUT2D eigenvalue weighted by atomic mass is 10.1. The molecule has 23 heavy (non-hydrogen) atoms. The number of hydrogen-bond donors (Lipinski definition) is 1. The van der Waals surface area contributed by atoms with Crippen LogP contribution in [-0.4, -0.2) is 35.1 Å². The van der Waals surface area contributed by atoms with Crippen molar-refractivity contribution in [2.24, 2.45) is 0 Å². The Bertz CT molecular complexity index is 684. The second kappa shape index (κ2) is 7.57. The van der Waals surface area contributed by atoms with Crippen molar-refractivity contribution in [3.8, 4) is 5.75 Å². The number of ether oxygens (including phenoxy) is 1. The van der Waals surface area contributed by atoms with Gasteiger partial charge in [0.25, 0.3) is 5.91 Å². The minimum atomic E-state index is -0.216. The third-order valence-electron chi connectivity index (χ3n) is 3.75. The molecule has 0 aliphatic heterocycles. The van der Waals surface area contributed by atoms with Crippen LogP contribution in [0.5, 0.6) is 5.75 Å². The molecule has 2 rings (SSSR count). The molecule has 0 saturated carbocycles. The summed E-state index contributed by atoms with van der Waals surface area (Å²) >= 11 is 1.52. The number of aryl methyl sites for hydroxylation is 1. The fourth-order valence-corrected chi connectivity index (χ4v) is 3.09. The van der Waals surface area contributed by atoms with Crippen LogP contribution in [0.1, 0.15) is 46.6 Å². The Balaban J connectivity index is 2.13. The number of phenols is 1. The number of rotatable bonds is 6. The molecule has 0 saturated heterocycles. The van der Waals surface area contributed by atoms with Crippen LogP contribution < -0.4 is 0 Å². The van der Waals surface area contributed by atoms with Crippen LogP contribution in [0.15, 0.2) is 23.6 Å². The van der Waals surface area contributed by atoms with E-state index in [1.807, 2.05) is 25.3 Å². The summed E-state index contributed by atoms with van der Waals surface area (Å²) in [5.41, 5.74) is 1.91. The third kappa shape index (κ3) is 3.89. The van der Waals surface area contributed by atoms with E-state index in [1.165, 1.54) is 11.3 Å². The fraction of sp³-hybridized carbons (Fsp3) is 0.412. The minimum absolute atomic E-state index is 0.0555. The molecule has 5 nitrogen and oxygen atoms in total. The summed E-state index contributed by atoms with van der Waals surface area (Å²) in [4.78, 5) is 18.6. The van der Waals surface area contributed by atoms with Crippen LogP contribution in [0, 0.1) is 0 Å². The van der Waals surface area contributed by atoms with Gasteiger partial charge in [0.05, 0.1) is 17.8 Å². The van der Waals surface area contributed by atoms with E-state index in [9.17, 15) is 9.90 Å². The molecular formula is C17H22N2O3S. The van der Waals surface area contributed by atoms with Gasteiger partial charge in [-0.1, -0.05) is 19.1 Å². The quantitative estimate of drug-likeness (QED) is 0.879. The Hall–Kier alpha value is -1.92. The lowest BCUT2D eigenvalue weighted by Gasteiger charge is -2.17. The predicted molar refractivity (Wildman–Crippen MR) is 90.8 cm³/mol. The highest BCUT2D eigenvalue weighted by Crippen LogP contribution is 2.25. The van der Waals surface area contributed by atoms with Crippen molar-refractivity contribution in [2.45, 2.75) is 32.9 Å². The maximum Gasteiger partial charge on any atom is 0.257 e. The van der Waals surface area contributed by atoms with Crippen LogP contribution in [0.3, 0.4) is 0 Å². The molecule has 1 aromatic carbocycles. The molecule has 0 radical (unpaired) electrons. The summed E-state index contributed by atoms with van der Waals surface area (Å²) < 4.78 is 5.25. The lowest BCUT2D eigenvalue weighted by molar-refractivity contribution is 0.0780. The molecule has 1 heterocycles. The zero-order chi connectivity index (χ0) is 17.0. The van der Waals surface area contributed by atoms with E-state index in [-0.39, 0.29) is 17.8 Å². The number of nitrogens with zero attached hydrogens (tertiary/aromatic N) is 2. The Morgan fingerprint density at radius 3 is 2.87 bits per heavy atom. The summed E-state index contributed by atoms with van der Waals surface area (Å²) in [6, 6.07) is 5.26. The normalized spacial score (nSPS) is 12.2. The smallest absolute Gasteiger partial charge is 0.257 e. The maximum atomic E-state index is 12.6. The third-order valence-corrected chi connectivity index (χ3v) is 4.80. The van der Waals surface area contributed by atoms with Gasteiger partial charge >= 0.3 is 0 Å². The summed E-state index contributed by atoms with van der Waals surface area (Å²) in [5, 5.41) is 13.0. The molecule has 124 valence electrons. The van der Waals surface area contributed by atoms with Gasteiger partial charge in [0.1, 0.15) is 16.9 Å². The minimum Gasteiger partial charge on any atom is -0.507 e. The van der Waals surface area contributed by atoms with Gasteiger partial charge in [0.2, 0.25) is 0 Å². The Morgan fingerprint density at radius 2 is 2.22 bits per heavy atom. The number of amides is 1. The second-order valence-electron chi connectivity index (χ2n) is 5.38. The zero-order valence-electron chi connectivity index (χ0n) is 13.9. The summed E-state index contributed by atoms with van der Waals surface area (Å²) in [6.07, 6.45) is 0.626. The largest absolute Gasteiger partial charge is 0.507 e. The standard InChI is InChI=1S/C17H22N2O3S/c1-5-12-7-6-8-14(15(12)20)17(21)19(3)9-13-10-23-16(18-13)11(2)22-4/h6-8,10-11,20H,5,9H2,1-4H3. The van der Waals surface area contributed by atoms with E-state index >= 15 is 0 Å². The van der Waals surface area contributed by atoms with Crippen molar-refractivity contribution < 1.29 is 14.6 Å². The molecule has 2 aromatic rings. The average molecular weight is 334 g/mol. The van der Waals surface area contributed by atoms with E-state index in [2.05, 4.69) is 4.98 Å². The van der Waals surface area contributed by atoms with Crippen molar-refractivity contribution in [1.82, 2.24) is 9.88 Å². The number of hydrogen-bond acceptors (Lipinski definition) is 5. The average Bonchev–Trinajstić information content (AvgIpc) is 3.02. The van der Waals surface area contributed by atoms with E-state index < -0.39 is 0 Å². The lowest BCUT2D eigenvalue weighted by Crippen LogP contribution is -2.26. The van der Waals surface area contributed by atoms with Crippen molar-refractivity contribution in [3.63, 3.8) is 0 Å². The van der Waals surface area contributed by atoms with E-state index in [0.717, 1.165) is 16.3 Å². The number of methoxy groups -OCH3 is 1. The summed E-state index contributed by atoms with van der Waals surface area (Å²) in [6.45, 7) is 4.27. The number of para-hydroxylation sites is 1. The molecule has 1 amide bonds. The van der Waals surface area contributed by atoms with Crippen molar-refractivity contribution in [1.29, 1.82) is 0 Å². The van der Waals surface area contributed by atoms with Gasteiger partial charge in [0, 0.05) is 19.5 Å². The van der Waals surface area contributed by atoms with Gasteiger partial charge in [-0.25, -0.2) is 4.98 Å². The van der Waals surface area contributed by atoms with Gasteiger partial charge in [-0.05, 0) is 25.0 Å². The first-order valence-electron chi connectivity index (χ1n) is 7.51. The number of carbonyl (C=O) groups excluding carboxylic acids is 1. The molecule has 1 atom stereocenters. The van der Waals surface area contributed by atoms with Crippen LogP contribution in [0.4, 0.5) is 0 Å². The molecule has 1 unspecified atom stereocenters. The molecule has 1 aromatic heterocycles. The maximum absolute atomic E-state index is 12.6. The highest BCUT2D eigenvalue weighted by Gasteiger charge is 2.19. The summed E-state index contributed by atoms with van der Waals surface area (Å²) in [5.74, 6) is -0.147. The molecule has 0 bridgehead atoms. The number of phenolic OH excluding ortho intramolecular Hbond substituents is 1. The first-order valence-corrected chi connectivity index (χ1v) is 8.39. The van der Waals surface area contributed by atoms with Crippen molar-refractivity contribution >= 4 is 17.2 Å². The van der Waals surface area contributed by atoms with E-state index in [1.54, 1.807) is 31.2 Å². The van der Waals surface area contributed by atoms with E-state index in [0.29, 0.717) is 18.5 Å². The molecular weight excluding hydrogens is 312 g/mol. The first-order chi connectivity index (χ1) is 11.0. The van der Waals surface area contributed by atoms with Crippen LogP contribution >= 0.6 is 11.3 Å². The van der Waals surface area contributed by atoms with Gasteiger partial charge in [0.15, 0.2) is 0 Å². The highest BCUT2D eigenvalue weighted by molar-refractivity contribution is 7.09. The van der Waals surface area contributed by atoms with E-state index in [4.69, 9.17) is 4.74 Å². The van der Waals surface area contributed by atoms with Gasteiger partial charge in [-0.2, -0.15) is 0 Å². The van der Waals surface area contributed by atoms with Crippen LogP contribution in [-0.2, 0) is 17.7 Å². The second-order valence-corrected chi connectivity index (χ2v) is 6.27. The monoisotopic (exact) mass is 334 g/mol. The van der Waals surface area contributed by atoms with Crippen LogP contribution in [0.2, 0.25) is 0 Å². The first kappa shape index (κ1) is 17.4. The molecule has 0 aliphatic rings. The van der Waals surface area contributed by atoms with Crippen molar-refractivity contribution in [2.75, 3.05) is 14.2 Å². The van der Waals surface area contributed by atoms with Gasteiger partial charge < -0.3 is 14.7 Å². The molecule has 1 N–H and O–H groups in total. The molecule has 6 heteroatoms. The summed E-state index contributed by atoms with van der Waals surface area (Å²) in [7, 11) is 3.35. The van der Waals surface area contributed by atoms with Crippen LogP contribution in [0.25, 0.3) is 0 Å². The Morgan fingerprint density at radius 1 is 1.48 bits per heavy atom. The zero-order valence-corrected chi connectivity index (χ0v) is 14.7.